The monoisotopic (exact) mass is 523 g/mol. The quantitative estimate of drug-likeness (QED) is 0.382. The van der Waals surface area contributed by atoms with Crippen LogP contribution in [0.2, 0.25) is 0 Å². The summed E-state index contributed by atoms with van der Waals surface area (Å²) in [7, 11) is 0. The molecule has 5 nitrogen and oxygen atoms in total. The van der Waals surface area contributed by atoms with Gasteiger partial charge in [-0.1, -0.05) is 93.6 Å². The van der Waals surface area contributed by atoms with Crippen molar-refractivity contribution in [1.82, 2.24) is 4.90 Å². The van der Waals surface area contributed by atoms with Gasteiger partial charge in [-0.25, -0.2) is 4.79 Å². The second kappa shape index (κ2) is 10.3. The van der Waals surface area contributed by atoms with Crippen molar-refractivity contribution in [1.29, 1.82) is 0 Å². The highest BCUT2D eigenvalue weighted by molar-refractivity contribution is 5.84. The van der Waals surface area contributed by atoms with Gasteiger partial charge in [0.15, 0.2) is 0 Å². The molecule has 0 radical (unpaired) electrons. The van der Waals surface area contributed by atoms with E-state index in [0.717, 1.165) is 5.56 Å². The first kappa shape index (κ1) is 25.8. The van der Waals surface area contributed by atoms with Gasteiger partial charge in [0.1, 0.15) is 12.4 Å². The van der Waals surface area contributed by atoms with Crippen molar-refractivity contribution in [2.24, 2.45) is 5.92 Å². The van der Waals surface area contributed by atoms with Gasteiger partial charge in [-0.05, 0) is 51.6 Å². The molecule has 1 aliphatic carbocycles. The number of Topliss-reactive ketones (excluding diaryl/α,β-unsaturated/α-hetero) is 1. The highest BCUT2D eigenvalue weighted by atomic mass is 16.6. The summed E-state index contributed by atoms with van der Waals surface area (Å²) in [6.07, 6.45) is 1.39. The number of nitrogens with zero attached hydrogens (tertiary/aromatic N) is 1. The molecule has 1 amide bonds. The molecular weight excluding hydrogens is 486 g/mol. The summed E-state index contributed by atoms with van der Waals surface area (Å²) >= 11 is 0. The van der Waals surface area contributed by atoms with Crippen molar-refractivity contribution in [3.05, 3.63) is 95.1 Å². The number of piperidine rings is 1. The molecule has 2 saturated heterocycles. The molecule has 3 aromatic carbocycles. The Hall–Kier alpha value is -3.44. The Balaban J connectivity index is 1.10. The van der Waals surface area contributed by atoms with Gasteiger partial charge < -0.3 is 9.47 Å². The third kappa shape index (κ3) is 5.00. The lowest BCUT2D eigenvalue weighted by atomic mass is 9.81. The van der Waals surface area contributed by atoms with E-state index in [2.05, 4.69) is 81.4 Å². The Morgan fingerprint density at radius 2 is 1.41 bits per heavy atom. The average Bonchev–Trinajstić information content (AvgIpc) is 3.24. The lowest BCUT2D eigenvalue weighted by Crippen LogP contribution is -2.60. The lowest BCUT2D eigenvalue weighted by molar-refractivity contribution is -0.130. The Morgan fingerprint density at radius 3 is 1.97 bits per heavy atom. The maximum absolute atomic E-state index is 13.4. The van der Waals surface area contributed by atoms with E-state index in [0.29, 0.717) is 39.1 Å². The number of benzene rings is 3. The molecule has 2 bridgehead atoms. The Labute approximate surface area is 231 Å². The maximum atomic E-state index is 13.4. The number of fused-ring (bicyclic) bond motifs is 5. The molecule has 0 N–H and O–H groups in total. The summed E-state index contributed by atoms with van der Waals surface area (Å²) in [5, 5.41) is 0. The molecule has 0 spiro atoms. The van der Waals surface area contributed by atoms with E-state index in [1.165, 1.54) is 27.8 Å². The molecule has 2 unspecified atom stereocenters. The molecule has 3 aromatic rings. The summed E-state index contributed by atoms with van der Waals surface area (Å²) in [6.45, 7) is 7.78. The summed E-state index contributed by atoms with van der Waals surface area (Å²) < 4.78 is 11.8. The SMILES string of the molecule is CC(C)(C)c1ccc(CC(=O)C2CC3COCC(C2)N3C(=O)OCC2c3ccccc3-c3ccccc32)cc1. The standard InChI is InChI=1S/C34H37NO4/c1-34(2,3)24-14-12-22(13-15-24)16-32(36)23-17-25-19-38-20-26(18-23)35(25)33(37)39-21-31-29-10-6-4-8-27(29)28-9-5-7-11-30(28)31/h4-15,23,25-26,31H,16-21H2,1-3H3. The Bertz CT molecular complexity index is 1310. The molecular formula is C34H37NO4. The second-order valence-electron chi connectivity index (χ2n) is 12.3. The van der Waals surface area contributed by atoms with E-state index in [1.807, 2.05) is 17.0 Å². The first-order valence-electron chi connectivity index (χ1n) is 14.1. The van der Waals surface area contributed by atoms with Gasteiger partial charge in [0, 0.05) is 18.3 Å². The normalized spacial score (nSPS) is 22.2. The smallest absolute Gasteiger partial charge is 0.410 e. The molecule has 0 aromatic heterocycles. The van der Waals surface area contributed by atoms with Crippen molar-refractivity contribution < 1.29 is 19.1 Å². The first-order chi connectivity index (χ1) is 18.8. The van der Waals surface area contributed by atoms with Crippen LogP contribution in [0, 0.1) is 5.92 Å². The van der Waals surface area contributed by atoms with Crippen LogP contribution in [-0.4, -0.2) is 48.7 Å². The first-order valence-corrected chi connectivity index (χ1v) is 14.1. The molecule has 2 atom stereocenters. The number of hydrogen-bond donors (Lipinski definition) is 0. The van der Waals surface area contributed by atoms with Crippen LogP contribution in [0.3, 0.4) is 0 Å². The summed E-state index contributed by atoms with van der Waals surface area (Å²) in [5.74, 6) is 0.215. The number of ketones is 1. The average molecular weight is 524 g/mol. The van der Waals surface area contributed by atoms with Crippen molar-refractivity contribution in [3.8, 4) is 11.1 Å². The van der Waals surface area contributed by atoms with E-state index in [-0.39, 0.29) is 41.2 Å². The molecule has 2 heterocycles. The molecule has 5 heteroatoms. The highest BCUT2D eigenvalue weighted by Crippen LogP contribution is 2.44. The fourth-order valence-electron chi connectivity index (χ4n) is 6.61. The van der Waals surface area contributed by atoms with Crippen molar-refractivity contribution >= 4 is 11.9 Å². The van der Waals surface area contributed by atoms with Gasteiger partial charge in [0.05, 0.1) is 25.3 Å². The van der Waals surface area contributed by atoms with Crippen molar-refractivity contribution in [2.75, 3.05) is 19.8 Å². The molecule has 202 valence electrons. The van der Waals surface area contributed by atoms with Gasteiger partial charge in [-0.15, -0.1) is 0 Å². The number of morpholine rings is 1. The predicted molar refractivity (Wildman–Crippen MR) is 152 cm³/mol. The maximum Gasteiger partial charge on any atom is 0.410 e. The fourth-order valence-corrected chi connectivity index (χ4v) is 6.61. The summed E-state index contributed by atoms with van der Waals surface area (Å²) in [4.78, 5) is 28.6. The van der Waals surface area contributed by atoms with Crippen LogP contribution < -0.4 is 0 Å². The number of rotatable bonds is 5. The summed E-state index contributed by atoms with van der Waals surface area (Å²) in [6, 6.07) is 24.9. The van der Waals surface area contributed by atoms with Gasteiger partial charge >= 0.3 is 6.09 Å². The van der Waals surface area contributed by atoms with E-state index < -0.39 is 0 Å². The third-order valence-corrected chi connectivity index (χ3v) is 8.72. The molecule has 39 heavy (non-hydrogen) atoms. The molecule has 2 aliphatic heterocycles. The van der Waals surface area contributed by atoms with Crippen molar-refractivity contribution in [3.63, 3.8) is 0 Å². The number of ether oxygens (including phenoxy) is 2. The molecule has 6 rings (SSSR count). The molecule has 3 aliphatic rings. The van der Waals surface area contributed by atoms with Gasteiger partial charge in [0.25, 0.3) is 0 Å². The Morgan fingerprint density at radius 1 is 0.846 bits per heavy atom. The third-order valence-electron chi connectivity index (χ3n) is 8.72. The number of hydrogen-bond acceptors (Lipinski definition) is 4. The van der Waals surface area contributed by atoms with Crippen LogP contribution in [0.5, 0.6) is 0 Å². The zero-order valence-corrected chi connectivity index (χ0v) is 23.1. The predicted octanol–water partition coefficient (Wildman–Crippen LogP) is 6.52. The molecule has 0 saturated carbocycles. The molecule has 2 fully saturated rings. The topological polar surface area (TPSA) is 55.8 Å². The minimum atomic E-state index is -0.293. The lowest BCUT2D eigenvalue weighted by Gasteiger charge is -2.47. The minimum Gasteiger partial charge on any atom is -0.448 e. The Kier molecular flexibility index (Phi) is 6.80. The van der Waals surface area contributed by atoms with Crippen molar-refractivity contribution in [2.45, 2.75) is 63.5 Å². The van der Waals surface area contributed by atoms with Gasteiger partial charge in [-0.3, -0.25) is 9.69 Å². The zero-order chi connectivity index (χ0) is 27.1. The van der Waals surface area contributed by atoms with Crippen LogP contribution in [0.25, 0.3) is 11.1 Å². The fraction of sp³-hybridized carbons (Fsp3) is 0.412. The van der Waals surface area contributed by atoms with Crippen LogP contribution in [-0.2, 0) is 26.1 Å². The van der Waals surface area contributed by atoms with Crippen LogP contribution in [0.15, 0.2) is 72.8 Å². The van der Waals surface area contributed by atoms with E-state index in [1.54, 1.807) is 0 Å². The summed E-state index contributed by atoms with van der Waals surface area (Å²) in [5.41, 5.74) is 7.24. The van der Waals surface area contributed by atoms with E-state index >= 15 is 0 Å². The minimum absolute atomic E-state index is 0.0289. The van der Waals surface area contributed by atoms with Crippen LogP contribution in [0.4, 0.5) is 4.79 Å². The van der Waals surface area contributed by atoms with Crippen LogP contribution >= 0.6 is 0 Å². The van der Waals surface area contributed by atoms with E-state index in [9.17, 15) is 9.59 Å². The second-order valence-corrected chi connectivity index (χ2v) is 12.3. The highest BCUT2D eigenvalue weighted by Gasteiger charge is 2.44. The zero-order valence-electron chi connectivity index (χ0n) is 23.1. The van der Waals surface area contributed by atoms with E-state index in [4.69, 9.17) is 9.47 Å². The number of carbonyl (C=O) groups excluding carboxylic acids is 2. The number of amides is 1. The van der Waals surface area contributed by atoms with Gasteiger partial charge in [-0.2, -0.15) is 0 Å². The number of carbonyl (C=O) groups is 2. The largest absolute Gasteiger partial charge is 0.448 e. The van der Waals surface area contributed by atoms with Gasteiger partial charge in [0.2, 0.25) is 0 Å². The van der Waals surface area contributed by atoms with Crippen LogP contribution in [0.1, 0.15) is 61.8 Å².